The van der Waals surface area contributed by atoms with Crippen molar-refractivity contribution in [3.8, 4) is 6.07 Å². The van der Waals surface area contributed by atoms with Gasteiger partial charge in [-0.05, 0) is 17.7 Å². The molecule has 0 aromatic heterocycles. The zero-order valence-electron chi connectivity index (χ0n) is 9.18. The molecule has 2 atom stereocenters. The zero-order valence-corrected chi connectivity index (χ0v) is 9.18. The summed E-state index contributed by atoms with van der Waals surface area (Å²) in [6, 6.07) is 5.11. The summed E-state index contributed by atoms with van der Waals surface area (Å²) in [7, 11) is 0. The van der Waals surface area contributed by atoms with Crippen LogP contribution in [0.2, 0.25) is 0 Å². The third-order valence-corrected chi connectivity index (χ3v) is 2.38. The number of aliphatic hydroxyl groups is 2. The van der Waals surface area contributed by atoms with Crippen LogP contribution in [0.15, 0.2) is 18.2 Å². The molecule has 0 fully saturated rings. The highest BCUT2D eigenvalue weighted by Crippen LogP contribution is 2.24. The van der Waals surface area contributed by atoms with Crippen LogP contribution in [0.1, 0.15) is 28.4 Å². The Bertz CT molecular complexity index is 509. The van der Waals surface area contributed by atoms with Gasteiger partial charge in [0.05, 0.1) is 29.1 Å². The summed E-state index contributed by atoms with van der Waals surface area (Å²) in [6.07, 6.45) is -2.67. The van der Waals surface area contributed by atoms with Crippen LogP contribution in [-0.2, 0) is 0 Å². The monoisotopic (exact) mass is 250 g/mol. The molecule has 0 aliphatic heterocycles. The number of nitro benzene ring substituents is 1. The highest BCUT2D eigenvalue weighted by atomic mass is 16.6. The lowest BCUT2D eigenvalue weighted by atomic mass is 10.00. The van der Waals surface area contributed by atoms with Gasteiger partial charge in [-0.25, -0.2) is 0 Å². The number of hydrogen-bond acceptors (Lipinski definition) is 6. The molecule has 0 heterocycles. The van der Waals surface area contributed by atoms with Crippen LogP contribution >= 0.6 is 0 Å². The number of nitrogens with zero attached hydrogens (tertiary/aromatic N) is 2. The minimum Gasteiger partial charge on any atom is -0.389 e. The second-order valence-electron chi connectivity index (χ2n) is 3.57. The Hall–Kier alpha value is -2.30. The first-order chi connectivity index (χ1) is 8.51. The first kappa shape index (κ1) is 13.8. The number of benzene rings is 1. The van der Waals surface area contributed by atoms with Crippen molar-refractivity contribution in [1.82, 2.24) is 0 Å². The van der Waals surface area contributed by atoms with E-state index < -0.39 is 17.1 Å². The lowest BCUT2D eigenvalue weighted by molar-refractivity contribution is -0.385. The van der Waals surface area contributed by atoms with Crippen molar-refractivity contribution >= 4 is 12.0 Å². The molecule has 94 valence electrons. The fourth-order valence-corrected chi connectivity index (χ4v) is 1.44. The summed E-state index contributed by atoms with van der Waals surface area (Å²) in [6.45, 7) is 0. The largest absolute Gasteiger partial charge is 0.389 e. The molecule has 2 unspecified atom stereocenters. The molecule has 7 nitrogen and oxygen atoms in total. The summed E-state index contributed by atoms with van der Waals surface area (Å²) < 4.78 is 0. The minimum absolute atomic E-state index is 0.144. The molecule has 2 N–H and O–H groups in total. The second kappa shape index (κ2) is 5.86. The number of nitriles is 1. The standard InChI is InChI=1S/C11H10N2O5/c12-4-3-10(15)11(16)7-1-2-9(13(17)18)8(5-7)6-14/h1-2,5-6,10-11,15-16H,3H2. The Morgan fingerprint density at radius 1 is 1.50 bits per heavy atom. The molecular formula is C11H10N2O5. The quantitative estimate of drug-likeness (QED) is 0.450. The van der Waals surface area contributed by atoms with Gasteiger partial charge in [-0.2, -0.15) is 5.26 Å². The van der Waals surface area contributed by atoms with E-state index in [1.165, 1.54) is 6.07 Å². The van der Waals surface area contributed by atoms with E-state index in [4.69, 9.17) is 5.26 Å². The Balaban J connectivity index is 3.09. The van der Waals surface area contributed by atoms with Gasteiger partial charge in [-0.15, -0.1) is 0 Å². The van der Waals surface area contributed by atoms with Crippen LogP contribution in [0.4, 0.5) is 5.69 Å². The predicted octanol–water partition coefficient (Wildman–Crippen LogP) is 0.715. The molecule has 1 rings (SSSR count). The fourth-order valence-electron chi connectivity index (χ4n) is 1.44. The highest BCUT2D eigenvalue weighted by Gasteiger charge is 2.21. The van der Waals surface area contributed by atoms with Gasteiger partial charge in [0.25, 0.3) is 5.69 Å². The van der Waals surface area contributed by atoms with Crippen molar-refractivity contribution < 1.29 is 19.9 Å². The molecule has 1 aromatic carbocycles. The summed E-state index contributed by atoms with van der Waals surface area (Å²) in [5.74, 6) is 0. The third kappa shape index (κ3) is 2.88. The number of rotatable bonds is 5. The summed E-state index contributed by atoms with van der Waals surface area (Å²) in [4.78, 5) is 20.6. The molecule has 1 aromatic rings. The van der Waals surface area contributed by atoms with Crippen LogP contribution in [0.25, 0.3) is 0 Å². The van der Waals surface area contributed by atoms with E-state index in [1.807, 2.05) is 0 Å². The van der Waals surface area contributed by atoms with Gasteiger partial charge in [0, 0.05) is 6.07 Å². The van der Waals surface area contributed by atoms with E-state index in [0.29, 0.717) is 6.29 Å². The van der Waals surface area contributed by atoms with Gasteiger partial charge in [-0.3, -0.25) is 14.9 Å². The van der Waals surface area contributed by atoms with E-state index in [0.717, 1.165) is 12.1 Å². The topological polar surface area (TPSA) is 124 Å². The predicted molar refractivity (Wildman–Crippen MR) is 59.7 cm³/mol. The lowest BCUT2D eigenvalue weighted by Crippen LogP contribution is -2.17. The minimum atomic E-state index is -1.37. The molecule has 0 bridgehead atoms. The van der Waals surface area contributed by atoms with Crippen LogP contribution in [0, 0.1) is 21.4 Å². The van der Waals surface area contributed by atoms with Crippen LogP contribution in [0.5, 0.6) is 0 Å². The van der Waals surface area contributed by atoms with Gasteiger partial charge in [-0.1, -0.05) is 0 Å². The van der Waals surface area contributed by atoms with Gasteiger partial charge >= 0.3 is 0 Å². The lowest BCUT2D eigenvalue weighted by Gasteiger charge is -2.15. The first-order valence-corrected chi connectivity index (χ1v) is 4.97. The molecule has 0 aliphatic rings. The maximum atomic E-state index is 10.7. The van der Waals surface area contributed by atoms with E-state index in [9.17, 15) is 25.1 Å². The normalized spacial score (nSPS) is 13.4. The number of carbonyl (C=O) groups is 1. The average Bonchev–Trinajstić information content (AvgIpc) is 2.37. The molecule has 0 saturated carbocycles. The number of aliphatic hydroxyl groups excluding tert-OH is 2. The van der Waals surface area contributed by atoms with Crippen LogP contribution < -0.4 is 0 Å². The SMILES string of the molecule is N#CCC(O)C(O)c1ccc([N+](=O)[O-])c(C=O)c1. The number of aldehydes is 1. The number of nitro groups is 1. The first-order valence-electron chi connectivity index (χ1n) is 4.97. The van der Waals surface area contributed by atoms with Crippen molar-refractivity contribution in [3.63, 3.8) is 0 Å². The summed E-state index contributed by atoms with van der Waals surface area (Å²) in [5, 5.41) is 38.1. The van der Waals surface area contributed by atoms with Crippen LogP contribution in [-0.4, -0.2) is 27.5 Å². The zero-order chi connectivity index (χ0) is 13.7. The smallest absolute Gasteiger partial charge is 0.279 e. The van der Waals surface area contributed by atoms with Gasteiger partial charge < -0.3 is 10.2 Å². The van der Waals surface area contributed by atoms with Crippen molar-refractivity contribution in [2.24, 2.45) is 0 Å². The van der Waals surface area contributed by atoms with E-state index in [-0.39, 0.29) is 23.2 Å². The van der Waals surface area contributed by atoms with Crippen molar-refractivity contribution in [1.29, 1.82) is 5.26 Å². The van der Waals surface area contributed by atoms with Gasteiger partial charge in [0.15, 0.2) is 6.29 Å². The number of hydrogen-bond donors (Lipinski definition) is 2. The van der Waals surface area contributed by atoms with Gasteiger partial charge in [0.2, 0.25) is 0 Å². The average molecular weight is 250 g/mol. The molecule has 0 aliphatic carbocycles. The molecular weight excluding hydrogens is 240 g/mol. The Kier molecular flexibility index (Phi) is 4.48. The molecule has 0 saturated heterocycles. The summed E-state index contributed by atoms with van der Waals surface area (Å²) >= 11 is 0. The van der Waals surface area contributed by atoms with Crippen LogP contribution in [0.3, 0.4) is 0 Å². The van der Waals surface area contributed by atoms with E-state index in [1.54, 1.807) is 6.07 Å². The Morgan fingerprint density at radius 2 is 2.17 bits per heavy atom. The molecule has 0 amide bonds. The van der Waals surface area contributed by atoms with Crippen molar-refractivity contribution in [2.45, 2.75) is 18.6 Å². The molecule has 7 heteroatoms. The second-order valence-corrected chi connectivity index (χ2v) is 3.57. The highest BCUT2D eigenvalue weighted by molar-refractivity contribution is 5.81. The maximum Gasteiger partial charge on any atom is 0.279 e. The third-order valence-electron chi connectivity index (χ3n) is 2.38. The summed E-state index contributed by atoms with van der Waals surface area (Å²) in [5.41, 5.74) is -0.429. The fraction of sp³-hybridized carbons (Fsp3) is 0.273. The molecule has 0 spiro atoms. The van der Waals surface area contributed by atoms with E-state index >= 15 is 0 Å². The molecule has 0 radical (unpaired) electrons. The Morgan fingerprint density at radius 3 is 2.67 bits per heavy atom. The van der Waals surface area contributed by atoms with Crippen molar-refractivity contribution in [3.05, 3.63) is 39.4 Å². The van der Waals surface area contributed by atoms with E-state index in [2.05, 4.69) is 0 Å². The van der Waals surface area contributed by atoms with Gasteiger partial charge in [0.1, 0.15) is 6.10 Å². The van der Waals surface area contributed by atoms with Crippen molar-refractivity contribution in [2.75, 3.05) is 0 Å². The maximum absolute atomic E-state index is 10.7. The molecule has 18 heavy (non-hydrogen) atoms. The Labute approximate surface area is 102 Å². The number of carbonyl (C=O) groups excluding carboxylic acids is 1.